The van der Waals surface area contributed by atoms with Crippen LogP contribution in [-0.4, -0.2) is 9.55 Å². The van der Waals surface area contributed by atoms with Crippen molar-refractivity contribution in [1.82, 2.24) is 9.55 Å². The molecule has 11 rings (SSSR count). The van der Waals surface area contributed by atoms with Gasteiger partial charge in [0.1, 0.15) is 10.8 Å². The molecule has 7 aromatic carbocycles. The third-order valence-corrected chi connectivity index (χ3v) is 13.5. The summed E-state index contributed by atoms with van der Waals surface area (Å²) in [6.07, 6.45) is 8.32. The van der Waals surface area contributed by atoms with Crippen molar-refractivity contribution < 1.29 is 0 Å². The summed E-state index contributed by atoms with van der Waals surface area (Å²) in [6, 6.07) is 64.5. The zero-order valence-electron chi connectivity index (χ0n) is 33.4. The predicted molar refractivity (Wildman–Crippen MR) is 249 cm³/mol. The fourth-order valence-electron chi connectivity index (χ4n) is 9.40. The zero-order valence-corrected chi connectivity index (χ0v) is 34.2. The van der Waals surface area contributed by atoms with Crippen molar-refractivity contribution in [2.24, 2.45) is 5.41 Å². The molecule has 0 amide bonds. The molecule has 9 aromatic rings. The van der Waals surface area contributed by atoms with Crippen molar-refractivity contribution in [3.63, 3.8) is 0 Å². The van der Waals surface area contributed by atoms with Crippen LogP contribution in [0.3, 0.4) is 0 Å². The van der Waals surface area contributed by atoms with E-state index in [0.717, 1.165) is 45.9 Å². The largest absolute Gasteiger partial charge is 0.302 e. The number of benzene rings is 7. The van der Waals surface area contributed by atoms with Crippen LogP contribution in [0.15, 0.2) is 200 Å². The van der Waals surface area contributed by atoms with Crippen molar-refractivity contribution in [1.29, 1.82) is 0 Å². The first-order valence-corrected chi connectivity index (χ1v) is 21.3. The average molecular weight is 778 g/mol. The minimum Gasteiger partial charge on any atom is -0.302 e. The van der Waals surface area contributed by atoms with E-state index in [0.29, 0.717) is 0 Å². The molecule has 1 unspecified atom stereocenters. The van der Waals surface area contributed by atoms with Crippen molar-refractivity contribution >= 4 is 48.8 Å². The Balaban J connectivity index is 1.11. The Morgan fingerprint density at radius 3 is 2.15 bits per heavy atom. The second-order valence-electron chi connectivity index (χ2n) is 16.7. The fraction of sp³-hybridized carbons (Fsp3) is 0.109. The molecule has 0 saturated carbocycles. The highest BCUT2D eigenvalue weighted by molar-refractivity contribution is 7.23. The standard InChI is InChI=1S/C55H43N3S/c1-37-21-25-40(26-22-37)55(41-31-33-54(2,3)34-32-41)47-17-9-8-16-45(47)46-30-29-44(36-48(46)55)57(52-35-39-13-7-12-20-51(39)59-52)43-27-23-38(24-28-43)53-56-49-18-10-11-19-50(49)58(53)42-14-5-4-6-15-42/h4-33,35-36H,34H2,1-3H3. The third kappa shape index (κ3) is 5.73. The smallest absolute Gasteiger partial charge is 0.145 e. The number of rotatable bonds is 7. The van der Waals surface area contributed by atoms with Gasteiger partial charge in [0.2, 0.25) is 0 Å². The van der Waals surface area contributed by atoms with E-state index in [4.69, 9.17) is 4.98 Å². The Morgan fingerprint density at radius 1 is 0.644 bits per heavy atom. The first-order chi connectivity index (χ1) is 28.9. The van der Waals surface area contributed by atoms with Gasteiger partial charge < -0.3 is 4.90 Å². The topological polar surface area (TPSA) is 21.1 Å². The lowest BCUT2D eigenvalue weighted by atomic mass is 9.64. The number of aryl methyl sites for hydroxylation is 1. The van der Waals surface area contributed by atoms with Crippen molar-refractivity contribution in [3.05, 3.63) is 222 Å². The maximum atomic E-state index is 5.18. The number of thiophene rings is 1. The summed E-state index contributed by atoms with van der Waals surface area (Å²) in [7, 11) is 0. The molecule has 0 aliphatic heterocycles. The minimum absolute atomic E-state index is 0.107. The Hall–Kier alpha value is -6.75. The number of allylic oxidation sites excluding steroid dienone is 4. The lowest BCUT2D eigenvalue weighted by molar-refractivity contribution is 0.477. The van der Waals surface area contributed by atoms with Gasteiger partial charge in [0.05, 0.1) is 16.4 Å². The molecule has 1 atom stereocenters. The van der Waals surface area contributed by atoms with Gasteiger partial charge in [-0.25, -0.2) is 4.98 Å². The van der Waals surface area contributed by atoms with E-state index in [9.17, 15) is 0 Å². The Bertz CT molecular complexity index is 3080. The second kappa shape index (κ2) is 13.7. The Morgan fingerprint density at radius 2 is 1.36 bits per heavy atom. The molecule has 2 aliphatic rings. The van der Waals surface area contributed by atoms with Gasteiger partial charge in [-0.2, -0.15) is 0 Å². The normalized spacial score (nSPS) is 16.6. The predicted octanol–water partition coefficient (Wildman–Crippen LogP) is 14.9. The van der Waals surface area contributed by atoms with Gasteiger partial charge in [-0.3, -0.25) is 4.57 Å². The SMILES string of the molecule is Cc1ccc(C2(C3=CCC(C)(C)C=C3)c3ccccc3-c3ccc(N(c4ccc(-c5nc6ccccc6n5-c5ccccc5)cc4)c4cc5ccccc5s4)cc32)cc1. The molecule has 0 fully saturated rings. The van der Waals surface area contributed by atoms with Gasteiger partial charge in [0.25, 0.3) is 0 Å². The quantitative estimate of drug-likeness (QED) is 0.161. The van der Waals surface area contributed by atoms with E-state index in [-0.39, 0.29) is 5.41 Å². The minimum atomic E-state index is -0.477. The summed E-state index contributed by atoms with van der Waals surface area (Å²) in [5.74, 6) is 0.924. The lowest BCUT2D eigenvalue weighted by Gasteiger charge is -2.38. The number of anilines is 3. The molecule has 0 N–H and O–H groups in total. The van der Waals surface area contributed by atoms with Crippen LogP contribution in [0.5, 0.6) is 0 Å². The monoisotopic (exact) mass is 777 g/mol. The van der Waals surface area contributed by atoms with Gasteiger partial charge in [-0.1, -0.05) is 141 Å². The first-order valence-electron chi connectivity index (χ1n) is 20.5. The highest BCUT2D eigenvalue weighted by Crippen LogP contribution is 2.59. The van der Waals surface area contributed by atoms with Crippen LogP contribution in [0.2, 0.25) is 0 Å². The summed E-state index contributed by atoms with van der Waals surface area (Å²) in [5, 5.41) is 2.42. The Kier molecular flexibility index (Phi) is 8.21. The summed E-state index contributed by atoms with van der Waals surface area (Å²) in [5.41, 5.74) is 15.2. The summed E-state index contributed by atoms with van der Waals surface area (Å²) < 4.78 is 3.54. The van der Waals surface area contributed by atoms with Crippen molar-refractivity contribution in [2.45, 2.75) is 32.6 Å². The summed E-state index contributed by atoms with van der Waals surface area (Å²) in [4.78, 5) is 7.63. The van der Waals surface area contributed by atoms with Gasteiger partial charge in [0.15, 0.2) is 0 Å². The van der Waals surface area contributed by atoms with E-state index < -0.39 is 5.41 Å². The molecule has 0 spiro atoms. The number of hydrogen-bond donors (Lipinski definition) is 0. The molecule has 2 aromatic heterocycles. The molecule has 4 heteroatoms. The number of fused-ring (bicyclic) bond motifs is 5. The van der Waals surface area contributed by atoms with E-state index in [1.807, 2.05) is 11.3 Å². The van der Waals surface area contributed by atoms with Gasteiger partial charge in [-0.05, 0) is 130 Å². The van der Waals surface area contributed by atoms with Crippen LogP contribution >= 0.6 is 11.3 Å². The average Bonchev–Trinajstić information content (AvgIpc) is 3.96. The highest BCUT2D eigenvalue weighted by Gasteiger charge is 2.47. The molecule has 0 radical (unpaired) electrons. The van der Waals surface area contributed by atoms with Crippen LogP contribution < -0.4 is 4.90 Å². The number of imidazole rings is 1. The molecular weight excluding hydrogens is 735 g/mol. The van der Waals surface area contributed by atoms with E-state index in [1.54, 1.807) is 0 Å². The number of nitrogens with zero attached hydrogens (tertiary/aromatic N) is 3. The number of para-hydroxylation sites is 3. The molecule has 2 heterocycles. The first kappa shape index (κ1) is 35.4. The zero-order chi connectivity index (χ0) is 39.7. The van der Waals surface area contributed by atoms with Crippen LogP contribution in [0.25, 0.3) is 49.3 Å². The van der Waals surface area contributed by atoms with E-state index >= 15 is 0 Å². The molecular formula is C55H43N3S. The lowest BCUT2D eigenvalue weighted by Crippen LogP contribution is -2.31. The molecule has 3 nitrogen and oxygen atoms in total. The fourth-order valence-corrected chi connectivity index (χ4v) is 10.5. The second-order valence-corrected chi connectivity index (χ2v) is 17.7. The summed E-state index contributed by atoms with van der Waals surface area (Å²) in [6.45, 7) is 6.84. The number of aromatic nitrogens is 2. The van der Waals surface area contributed by atoms with Gasteiger partial charge in [-0.15, -0.1) is 11.3 Å². The molecule has 59 heavy (non-hydrogen) atoms. The maximum absolute atomic E-state index is 5.18. The summed E-state index contributed by atoms with van der Waals surface area (Å²) >= 11 is 1.83. The van der Waals surface area contributed by atoms with Crippen LogP contribution in [0, 0.1) is 12.3 Å². The molecule has 284 valence electrons. The van der Waals surface area contributed by atoms with Crippen LogP contribution in [-0.2, 0) is 5.41 Å². The molecule has 0 bridgehead atoms. The number of hydrogen-bond acceptors (Lipinski definition) is 3. The Labute approximate surface area is 349 Å². The van der Waals surface area contributed by atoms with E-state index in [1.165, 1.54) is 54.0 Å². The van der Waals surface area contributed by atoms with Gasteiger partial charge >= 0.3 is 0 Å². The molecule has 0 saturated heterocycles. The van der Waals surface area contributed by atoms with Crippen LogP contribution in [0.4, 0.5) is 16.4 Å². The third-order valence-electron chi connectivity index (χ3n) is 12.4. The van der Waals surface area contributed by atoms with Crippen molar-refractivity contribution in [2.75, 3.05) is 4.90 Å². The van der Waals surface area contributed by atoms with Crippen LogP contribution in [0.1, 0.15) is 42.5 Å². The van der Waals surface area contributed by atoms with Gasteiger partial charge in [0, 0.05) is 27.3 Å². The van der Waals surface area contributed by atoms with E-state index in [2.05, 4.69) is 224 Å². The molecule has 2 aliphatic carbocycles. The highest BCUT2D eigenvalue weighted by atomic mass is 32.1. The van der Waals surface area contributed by atoms with Crippen molar-refractivity contribution in [3.8, 4) is 28.2 Å². The maximum Gasteiger partial charge on any atom is 0.145 e.